The second kappa shape index (κ2) is 9.31. The molecule has 0 radical (unpaired) electrons. The molecule has 2 aliphatic rings. The highest BCUT2D eigenvalue weighted by atomic mass is 32.3. The van der Waals surface area contributed by atoms with Gasteiger partial charge in [-0.25, -0.2) is 19.2 Å². The highest BCUT2D eigenvalue weighted by Crippen LogP contribution is 2.60. The van der Waals surface area contributed by atoms with Crippen molar-refractivity contribution < 1.29 is 19.1 Å². The number of nitrogens with one attached hydrogen (secondary N) is 3. The number of carbonyl (C=O) groups excluding carboxylic acids is 2. The van der Waals surface area contributed by atoms with Crippen molar-refractivity contribution in [3.63, 3.8) is 0 Å². The summed E-state index contributed by atoms with van der Waals surface area (Å²) in [6.07, 6.45) is 9.47. The third kappa shape index (κ3) is 4.97. The fourth-order valence-electron chi connectivity index (χ4n) is 5.50. The molecule has 3 amide bonds. The van der Waals surface area contributed by atoms with E-state index in [0.717, 1.165) is 30.5 Å². The molecule has 1 aromatic heterocycles. The van der Waals surface area contributed by atoms with Crippen LogP contribution in [0.1, 0.15) is 76.2 Å². The number of aliphatic hydroxyl groups is 1. The van der Waals surface area contributed by atoms with Crippen LogP contribution in [-0.2, 0) is 16.9 Å². The van der Waals surface area contributed by atoms with Crippen molar-refractivity contribution in [2.75, 3.05) is 24.1 Å². The van der Waals surface area contributed by atoms with Crippen LogP contribution < -0.4 is 10.6 Å². The van der Waals surface area contributed by atoms with Gasteiger partial charge in [-0.15, -0.1) is 0 Å². The minimum atomic E-state index is -1.13. The second-order valence-electron chi connectivity index (χ2n) is 12.3. The Morgan fingerprint density at radius 1 is 1.24 bits per heavy atom. The number of hydrogen-bond acceptors (Lipinski definition) is 4. The van der Waals surface area contributed by atoms with E-state index in [1.54, 1.807) is 36.9 Å². The van der Waals surface area contributed by atoms with Gasteiger partial charge in [0, 0.05) is 17.5 Å². The molecule has 1 aromatic carbocycles. The van der Waals surface area contributed by atoms with Gasteiger partial charge in [0.25, 0.3) is 0 Å². The molecule has 2 heterocycles. The molecule has 2 aromatic rings. The standard InChI is InChI=1S/C27H40FN5O3S/c1-25(2,36)15-20(17-11-8-9-12-19(17)28)29-24(35)33-16-18-21(26(33,3)4)31-32-22(18)30-23(34)27(13-10-14-27)37(5,6)7/h8-9,11-12,20,36H,10,13-16H2,1-7H3,(H,29,35)(H2,30,31,32,34)/t20-/m1/s1. The van der Waals surface area contributed by atoms with E-state index in [0.29, 0.717) is 11.4 Å². The number of aromatic nitrogens is 2. The fraction of sp³-hybridized carbons (Fsp3) is 0.593. The molecule has 1 aliphatic carbocycles. The number of benzene rings is 1. The normalized spacial score (nSPS) is 19.5. The molecule has 204 valence electrons. The van der Waals surface area contributed by atoms with E-state index in [2.05, 4.69) is 39.6 Å². The lowest BCUT2D eigenvalue weighted by Gasteiger charge is -2.53. The molecule has 0 spiro atoms. The van der Waals surface area contributed by atoms with Gasteiger partial charge in [0.15, 0.2) is 5.82 Å². The van der Waals surface area contributed by atoms with Crippen molar-refractivity contribution in [3.05, 3.63) is 46.9 Å². The summed E-state index contributed by atoms with van der Waals surface area (Å²) in [6.45, 7) is 7.31. The molecule has 8 nitrogen and oxygen atoms in total. The average Bonchev–Trinajstić information content (AvgIpc) is 3.23. The van der Waals surface area contributed by atoms with Crippen molar-refractivity contribution in [3.8, 4) is 0 Å². The van der Waals surface area contributed by atoms with Crippen LogP contribution in [0.2, 0.25) is 0 Å². The van der Waals surface area contributed by atoms with E-state index in [9.17, 15) is 19.1 Å². The maximum absolute atomic E-state index is 14.7. The summed E-state index contributed by atoms with van der Waals surface area (Å²) in [5.41, 5.74) is -0.0178. The number of anilines is 1. The summed E-state index contributed by atoms with van der Waals surface area (Å²) >= 11 is 0. The van der Waals surface area contributed by atoms with Crippen LogP contribution in [0.4, 0.5) is 15.0 Å². The Morgan fingerprint density at radius 3 is 2.43 bits per heavy atom. The molecule has 1 atom stereocenters. The van der Waals surface area contributed by atoms with Gasteiger partial charge in [-0.05, 0) is 71.8 Å². The number of fused-ring (bicyclic) bond motifs is 1. The molecule has 37 heavy (non-hydrogen) atoms. The van der Waals surface area contributed by atoms with Crippen LogP contribution in [0.25, 0.3) is 0 Å². The van der Waals surface area contributed by atoms with Crippen molar-refractivity contribution in [1.82, 2.24) is 20.4 Å². The van der Waals surface area contributed by atoms with Crippen LogP contribution in [0.15, 0.2) is 24.3 Å². The van der Waals surface area contributed by atoms with Gasteiger partial charge >= 0.3 is 6.03 Å². The minimum absolute atomic E-state index is 0.000974. The lowest BCUT2D eigenvalue weighted by molar-refractivity contribution is -0.120. The Balaban J connectivity index is 1.56. The predicted molar refractivity (Wildman–Crippen MR) is 146 cm³/mol. The zero-order chi connectivity index (χ0) is 27.4. The maximum atomic E-state index is 14.7. The van der Waals surface area contributed by atoms with Crippen molar-refractivity contribution in [1.29, 1.82) is 0 Å². The Hall–Kier alpha value is -2.59. The van der Waals surface area contributed by atoms with Gasteiger partial charge in [-0.1, -0.05) is 18.2 Å². The SMILES string of the molecule is CC(C)(O)C[C@@H](NC(=O)N1Cc2c(NC(=O)C3(S(C)(C)C)CCC3)n[nH]c2C1(C)C)c1ccccc1F. The van der Waals surface area contributed by atoms with E-state index in [1.807, 2.05) is 13.8 Å². The zero-order valence-electron chi connectivity index (χ0n) is 22.9. The molecule has 0 saturated heterocycles. The number of amides is 3. The maximum Gasteiger partial charge on any atom is 0.318 e. The molecule has 4 N–H and O–H groups in total. The summed E-state index contributed by atoms with van der Waals surface area (Å²) in [5, 5.41) is 23.9. The second-order valence-corrected chi connectivity index (χ2v) is 16.7. The van der Waals surface area contributed by atoms with Crippen molar-refractivity contribution >= 4 is 27.8 Å². The number of urea groups is 1. The number of aromatic amines is 1. The van der Waals surface area contributed by atoms with Gasteiger partial charge in [0.05, 0.1) is 34.2 Å². The topological polar surface area (TPSA) is 110 Å². The Morgan fingerprint density at radius 2 is 1.89 bits per heavy atom. The van der Waals surface area contributed by atoms with Crippen LogP contribution in [0, 0.1) is 5.82 Å². The predicted octanol–water partition coefficient (Wildman–Crippen LogP) is 4.77. The molecule has 10 heteroatoms. The first-order valence-corrected chi connectivity index (χ1v) is 15.5. The number of rotatable bonds is 7. The Kier molecular flexibility index (Phi) is 6.90. The lowest BCUT2D eigenvalue weighted by Crippen LogP contribution is -2.51. The number of halogens is 1. The van der Waals surface area contributed by atoms with Crippen LogP contribution in [0.3, 0.4) is 0 Å². The molecule has 1 aliphatic heterocycles. The van der Waals surface area contributed by atoms with E-state index in [-0.39, 0.29) is 29.7 Å². The first-order valence-electron chi connectivity index (χ1n) is 12.7. The van der Waals surface area contributed by atoms with E-state index < -0.39 is 33.0 Å². The van der Waals surface area contributed by atoms with Crippen molar-refractivity contribution in [2.45, 2.75) is 81.9 Å². The van der Waals surface area contributed by atoms with Crippen molar-refractivity contribution in [2.24, 2.45) is 0 Å². The van der Waals surface area contributed by atoms with Crippen LogP contribution >= 0.6 is 10.0 Å². The van der Waals surface area contributed by atoms with E-state index >= 15 is 0 Å². The fourth-order valence-corrected chi connectivity index (χ4v) is 7.63. The number of nitrogens with zero attached hydrogens (tertiary/aromatic N) is 2. The van der Waals surface area contributed by atoms with Gasteiger partial charge in [0.2, 0.25) is 5.91 Å². The van der Waals surface area contributed by atoms with Gasteiger partial charge < -0.3 is 20.6 Å². The van der Waals surface area contributed by atoms with E-state index in [4.69, 9.17) is 0 Å². The zero-order valence-corrected chi connectivity index (χ0v) is 23.7. The highest BCUT2D eigenvalue weighted by Gasteiger charge is 2.51. The summed E-state index contributed by atoms with van der Waals surface area (Å²) < 4.78 is 14.3. The Labute approximate surface area is 220 Å². The summed E-state index contributed by atoms with van der Waals surface area (Å²) in [4.78, 5) is 28.6. The lowest BCUT2D eigenvalue weighted by atomic mass is 9.83. The monoisotopic (exact) mass is 533 g/mol. The largest absolute Gasteiger partial charge is 0.390 e. The quantitative estimate of drug-likeness (QED) is 0.411. The third-order valence-electron chi connectivity index (χ3n) is 7.98. The summed E-state index contributed by atoms with van der Waals surface area (Å²) in [5.74, 6) is 0.0181. The summed E-state index contributed by atoms with van der Waals surface area (Å²) in [6, 6.07) is 5.15. The van der Waals surface area contributed by atoms with Crippen LogP contribution in [0.5, 0.6) is 0 Å². The molecular weight excluding hydrogens is 493 g/mol. The first kappa shape index (κ1) is 27.4. The number of hydrogen-bond donors (Lipinski definition) is 4. The minimum Gasteiger partial charge on any atom is -0.390 e. The van der Waals surface area contributed by atoms with Gasteiger partial charge in [-0.2, -0.15) is 5.10 Å². The average molecular weight is 534 g/mol. The van der Waals surface area contributed by atoms with Gasteiger partial charge in [-0.3, -0.25) is 9.89 Å². The number of carbonyl (C=O) groups is 2. The molecule has 4 rings (SSSR count). The summed E-state index contributed by atoms with van der Waals surface area (Å²) in [7, 11) is -1.13. The molecular formula is C27H40FN5O3S. The molecule has 1 fully saturated rings. The smallest absolute Gasteiger partial charge is 0.318 e. The third-order valence-corrected chi connectivity index (χ3v) is 10.9. The first-order chi connectivity index (χ1) is 17.1. The molecule has 1 saturated carbocycles. The molecule has 0 unspecified atom stereocenters. The highest BCUT2D eigenvalue weighted by molar-refractivity contribution is 8.33. The van der Waals surface area contributed by atoms with E-state index in [1.165, 1.54) is 6.07 Å². The molecule has 0 bridgehead atoms. The van der Waals surface area contributed by atoms with Crippen LogP contribution in [-0.4, -0.2) is 61.3 Å². The Bertz CT molecular complexity index is 1190. The van der Waals surface area contributed by atoms with Gasteiger partial charge in [0.1, 0.15) is 5.82 Å². The number of H-pyrrole nitrogens is 1.